The fourth-order valence-electron chi connectivity index (χ4n) is 7.60. The number of aromatic carboxylic acids is 1. The lowest BCUT2D eigenvalue weighted by atomic mass is 10.1. The second-order valence-electron chi connectivity index (χ2n) is 15.9. The van der Waals surface area contributed by atoms with Crippen molar-refractivity contribution >= 4 is 34.9 Å². The van der Waals surface area contributed by atoms with Gasteiger partial charge in [0.1, 0.15) is 36.1 Å². The van der Waals surface area contributed by atoms with Crippen LogP contribution in [0, 0.1) is 0 Å². The topological polar surface area (TPSA) is 150 Å². The van der Waals surface area contributed by atoms with Crippen molar-refractivity contribution in [2.24, 2.45) is 0 Å². The van der Waals surface area contributed by atoms with Gasteiger partial charge in [0.15, 0.2) is 11.6 Å². The van der Waals surface area contributed by atoms with Crippen molar-refractivity contribution in [2.45, 2.75) is 51.4 Å². The van der Waals surface area contributed by atoms with E-state index in [0.717, 1.165) is 57.9 Å². The molecule has 4 aromatic carbocycles. The van der Waals surface area contributed by atoms with Gasteiger partial charge < -0.3 is 35.0 Å². The van der Waals surface area contributed by atoms with E-state index in [0.29, 0.717) is 68.1 Å². The molecule has 2 atom stereocenters. The summed E-state index contributed by atoms with van der Waals surface area (Å²) in [5, 5.41) is 15.8. The smallest absolute Gasteiger partial charge is 0.416 e. The minimum Gasteiger partial charge on any atom is -0.489 e. The van der Waals surface area contributed by atoms with E-state index >= 15 is 0 Å². The van der Waals surface area contributed by atoms with Crippen LogP contribution in [-0.2, 0) is 30.3 Å². The van der Waals surface area contributed by atoms with Gasteiger partial charge in [-0.3, -0.25) is 9.63 Å². The van der Waals surface area contributed by atoms with Gasteiger partial charge in [0.2, 0.25) is 0 Å². The molecule has 0 radical (unpaired) electrons. The third-order valence-electron chi connectivity index (χ3n) is 11.2. The number of carbonyl (C=O) groups is 2. The van der Waals surface area contributed by atoms with E-state index < -0.39 is 29.4 Å². The zero-order valence-corrected chi connectivity index (χ0v) is 37.0. The SMILES string of the molecule is CONC(=O)c1ccc([C@H](C)Nc2nccc3c2N(Cc2ccc(C(F)(F)F)cc2)CCO3)cc1.C[C@H](Nc1nccc2c1N(Cc1ccc(C(F)(F)F)cc1)CCO2)c1ccc(C(=O)O)cc1. The Hall–Kier alpha value is -7.54. The number of benzene rings is 4. The molecule has 68 heavy (non-hydrogen) atoms. The molecule has 2 aliphatic heterocycles. The van der Waals surface area contributed by atoms with Gasteiger partial charge >= 0.3 is 18.3 Å². The maximum atomic E-state index is 12.9. The number of amides is 1. The molecule has 4 N–H and O–H groups in total. The number of nitrogens with one attached hydrogen (secondary N) is 3. The van der Waals surface area contributed by atoms with Gasteiger partial charge in [-0.1, -0.05) is 48.5 Å². The van der Waals surface area contributed by atoms with Crippen molar-refractivity contribution in [3.05, 3.63) is 166 Å². The number of fused-ring (bicyclic) bond motifs is 2. The molecule has 8 rings (SSSR count). The first-order valence-electron chi connectivity index (χ1n) is 21.3. The highest BCUT2D eigenvalue weighted by molar-refractivity contribution is 5.93. The molecule has 2 aromatic heterocycles. The molecule has 1 amide bonds. The van der Waals surface area contributed by atoms with Crippen molar-refractivity contribution in [1.29, 1.82) is 0 Å². The number of anilines is 4. The lowest BCUT2D eigenvalue weighted by Crippen LogP contribution is -2.33. The van der Waals surface area contributed by atoms with Gasteiger partial charge in [-0.2, -0.15) is 26.3 Å². The molecule has 0 fully saturated rings. The molecular weight excluding hydrogens is 897 g/mol. The Kier molecular flexibility index (Phi) is 14.9. The number of alkyl halides is 6. The number of carboxylic acids is 1. The van der Waals surface area contributed by atoms with Gasteiger partial charge in [0, 0.05) is 43.2 Å². The Balaban J connectivity index is 0.000000202. The van der Waals surface area contributed by atoms with E-state index in [1.165, 1.54) is 31.4 Å². The molecule has 0 bridgehead atoms. The second-order valence-corrected chi connectivity index (χ2v) is 15.9. The minimum atomic E-state index is -4.37. The minimum absolute atomic E-state index is 0.150. The Morgan fingerprint density at radius 3 is 1.40 bits per heavy atom. The summed E-state index contributed by atoms with van der Waals surface area (Å²) in [6.45, 7) is 6.72. The number of ether oxygens (including phenoxy) is 2. The van der Waals surface area contributed by atoms with Crippen molar-refractivity contribution in [3.8, 4) is 11.5 Å². The fraction of sp³-hybridized carbons (Fsp3) is 0.265. The maximum Gasteiger partial charge on any atom is 0.416 e. The summed E-state index contributed by atoms with van der Waals surface area (Å²) in [5.74, 6) is 1.14. The Morgan fingerprint density at radius 1 is 0.632 bits per heavy atom. The predicted molar refractivity (Wildman–Crippen MR) is 243 cm³/mol. The van der Waals surface area contributed by atoms with Gasteiger partial charge in [0.25, 0.3) is 5.91 Å². The van der Waals surface area contributed by atoms with Crippen molar-refractivity contribution in [3.63, 3.8) is 0 Å². The molecule has 0 saturated carbocycles. The summed E-state index contributed by atoms with van der Waals surface area (Å²) in [4.78, 5) is 40.7. The number of hydrogen-bond acceptors (Lipinski definition) is 11. The van der Waals surface area contributed by atoms with Crippen LogP contribution in [0.15, 0.2) is 122 Å². The molecular formula is C49H47F6N7O6. The standard InChI is InChI=1S/C25H25F3N4O3.C24H22F3N3O3/c1-16(18-5-7-19(8-6-18)24(33)31-34-2)30-23-22-21(11-12-29-23)35-14-13-32(22)15-17-3-9-20(10-4-17)25(26,27)28;1-15(17-4-6-18(7-5-17)23(31)32)29-22-21-20(10-11-28-22)33-13-12-30(21)14-16-2-8-19(9-3-16)24(25,26)27/h3-12,16H,13-15H2,1-2H3,(H,29,30)(H,31,33);2-11,15H,12-14H2,1H3,(H,28,29)(H,31,32)/t16-;15-/m00/s1. The molecule has 13 nitrogen and oxygen atoms in total. The molecule has 0 aliphatic carbocycles. The average molecular weight is 944 g/mol. The van der Waals surface area contributed by atoms with Gasteiger partial charge in [0.05, 0.1) is 49.0 Å². The largest absolute Gasteiger partial charge is 0.489 e. The van der Waals surface area contributed by atoms with Gasteiger partial charge in [-0.25, -0.2) is 20.2 Å². The van der Waals surface area contributed by atoms with Crippen LogP contribution in [0.25, 0.3) is 0 Å². The number of pyridine rings is 2. The summed E-state index contributed by atoms with van der Waals surface area (Å²) >= 11 is 0. The number of hydroxylamine groups is 1. The molecule has 19 heteroatoms. The predicted octanol–water partition coefficient (Wildman–Crippen LogP) is 10.3. The number of halogens is 6. The van der Waals surface area contributed by atoms with E-state index in [9.17, 15) is 35.9 Å². The molecule has 6 aromatic rings. The van der Waals surface area contributed by atoms with Gasteiger partial charge in [-0.15, -0.1) is 0 Å². The zero-order chi connectivity index (χ0) is 48.6. The van der Waals surface area contributed by atoms with E-state index in [4.69, 9.17) is 14.6 Å². The number of carbonyl (C=O) groups excluding carboxylic acids is 1. The van der Waals surface area contributed by atoms with Crippen LogP contribution in [0.1, 0.15) is 80.0 Å². The quantitative estimate of drug-likeness (QED) is 0.0645. The van der Waals surface area contributed by atoms with Crippen LogP contribution < -0.4 is 35.4 Å². The molecule has 356 valence electrons. The molecule has 0 unspecified atom stereocenters. The highest BCUT2D eigenvalue weighted by Gasteiger charge is 2.32. The first-order chi connectivity index (χ1) is 32.5. The van der Waals surface area contributed by atoms with E-state index in [1.54, 1.807) is 60.9 Å². The van der Waals surface area contributed by atoms with E-state index in [1.807, 2.05) is 35.8 Å². The molecule has 0 spiro atoms. The molecule has 4 heterocycles. The summed E-state index contributed by atoms with van der Waals surface area (Å²) < 4.78 is 89.0. The second kappa shape index (κ2) is 21.0. The van der Waals surface area contributed by atoms with Crippen LogP contribution in [0.3, 0.4) is 0 Å². The van der Waals surface area contributed by atoms with Crippen LogP contribution >= 0.6 is 0 Å². The Labute approximate surface area is 387 Å². The first kappa shape index (κ1) is 48.4. The summed E-state index contributed by atoms with van der Waals surface area (Å²) in [5.41, 5.74) is 6.39. The Bertz CT molecular complexity index is 2670. The number of hydrogen-bond donors (Lipinski definition) is 4. The van der Waals surface area contributed by atoms with Crippen molar-refractivity contribution in [2.75, 3.05) is 53.8 Å². The zero-order valence-electron chi connectivity index (χ0n) is 37.0. The normalized spacial score (nSPS) is 14.1. The first-order valence-corrected chi connectivity index (χ1v) is 21.3. The number of rotatable bonds is 13. The van der Waals surface area contributed by atoms with E-state index in [-0.39, 0.29) is 23.6 Å². The lowest BCUT2D eigenvalue weighted by molar-refractivity contribution is -0.138. The van der Waals surface area contributed by atoms with Crippen LogP contribution in [0.2, 0.25) is 0 Å². The third-order valence-corrected chi connectivity index (χ3v) is 11.2. The average Bonchev–Trinajstić information content (AvgIpc) is 3.32. The molecule has 2 aliphatic rings. The maximum absolute atomic E-state index is 12.9. The number of nitrogens with zero attached hydrogens (tertiary/aromatic N) is 4. The van der Waals surface area contributed by atoms with Crippen LogP contribution in [0.4, 0.5) is 49.4 Å². The summed E-state index contributed by atoms with van der Waals surface area (Å²) in [7, 11) is 1.37. The number of aromatic nitrogens is 2. The van der Waals surface area contributed by atoms with Crippen LogP contribution in [0.5, 0.6) is 11.5 Å². The number of carboxylic acid groups (broad SMARTS) is 1. The Morgan fingerprint density at radius 2 is 1.03 bits per heavy atom. The monoisotopic (exact) mass is 943 g/mol. The van der Waals surface area contributed by atoms with E-state index in [2.05, 4.69) is 30.9 Å². The fourth-order valence-corrected chi connectivity index (χ4v) is 7.60. The van der Waals surface area contributed by atoms with Crippen molar-refractivity contribution < 1.29 is 55.3 Å². The molecule has 0 saturated heterocycles. The highest BCUT2D eigenvalue weighted by atomic mass is 19.4. The summed E-state index contributed by atoms with van der Waals surface area (Å²) in [6, 6.07) is 27.2. The highest BCUT2D eigenvalue weighted by Crippen LogP contribution is 2.41. The third kappa shape index (κ3) is 11.9. The lowest BCUT2D eigenvalue weighted by Gasteiger charge is -2.33. The van der Waals surface area contributed by atoms with Gasteiger partial charge in [-0.05, 0) is 84.6 Å². The summed E-state index contributed by atoms with van der Waals surface area (Å²) in [6.07, 6.45) is -5.46. The van der Waals surface area contributed by atoms with Crippen LogP contribution in [-0.4, -0.2) is 60.4 Å². The van der Waals surface area contributed by atoms with Crippen molar-refractivity contribution in [1.82, 2.24) is 15.4 Å².